The standard InChI is InChI=1S/C17H15Cl3N2O3S/c18-11-3-5-13(17(23)22-7-1-2-8-22)15(9-11)21-26(24,25)16-10-12(19)4-6-14(16)20/h3-6,9-10,21H,1-2,7-8H2. The van der Waals surface area contributed by atoms with E-state index in [2.05, 4.69) is 4.72 Å². The summed E-state index contributed by atoms with van der Waals surface area (Å²) in [5.74, 6) is -0.242. The lowest BCUT2D eigenvalue weighted by atomic mass is 10.1. The first-order valence-corrected chi connectivity index (χ1v) is 10.5. The molecular formula is C17H15Cl3N2O3S. The molecule has 0 saturated carbocycles. The van der Waals surface area contributed by atoms with E-state index in [0.717, 1.165) is 12.8 Å². The summed E-state index contributed by atoms with van der Waals surface area (Å²) in [7, 11) is -4.06. The molecule has 26 heavy (non-hydrogen) atoms. The average molecular weight is 434 g/mol. The average Bonchev–Trinajstić information content (AvgIpc) is 3.11. The molecule has 0 atom stereocenters. The fraction of sp³-hybridized carbons (Fsp3) is 0.235. The van der Waals surface area contributed by atoms with E-state index in [4.69, 9.17) is 34.8 Å². The van der Waals surface area contributed by atoms with Gasteiger partial charge >= 0.3 is 0 Å². The lowest BCUT2D eigenvalue weighted by Gasteiger charge is -2.19. The molecule has 1 heterocycles. The minimum atomic E-state index is -4.06. The number of hydrogen-bond donors (Lipinski definition) is 1. The summed E-state index contributed by atoms with van der Waals surface area (Å²) < 4.78 is 27.9. The third-order valence-electron chi connectivity index (χ3n) is 4.03. The number of hydrogen-bond acceptors (Lipinski definition) is 3. The van der Waals surface area contributed by atoms with Gasteiger partial charge in [-0.15, -0.1) is 0 Å². The summed E-state index contributed by atoms with van der Waals surface area (Å²) in [5.41, 5.74) is 0.337. The molecule has 0 bridgehead atoms. The Morgan fingerprint density at radius 1 is 0.962 bits per heavy atom. The Morgan fingerprint density at radius 3 is 2.27 bits per heavy atom. The molecule has 0 spiro atoms. The monoisotopic (exact) mass is 432 g/mol. The van der Waals surface area contributed by atoms with Crippen molar-refractivity contribution in [3.05, 3.63) is 57.0 Å². The first-order valence-electron chi connectivity index (χ1n) is 7.84. The van der Waals surface area contributed by atoms with Crippen molar-refractivity contribution in [1.82, 2.24) is 4.90 Å². The molecular weight excluding hydrogens is 419 g/mol. The van der Waals surface area contributed by atoms with Crippen LogP contribution in [-0.2, 0) is 10.0 Å². The molecule has 0 aromatic heterocycles. The van der Waals surface area contributed by atoms with Gasteiger partial charge in [0.15, 0.2) is 0 Å². The number of carbonyl (C=O) groups is 1. The third kappa shape index (κ3) is 4.09. The number of carbonyl (C=O) groups excluding carboxylic acids is 1. The zero-order valence-electron chi connectivity index (χ0n) is 13.5. The van der Waals surface area contributed by atoms with Crippen molar-refractivity contribution in [3.63, 3.8) is 0 Å². The smallest absolute Gasteiger partial charge is 0.263 e. The van der Waals surface area contributed by atoms with Crippen LogP contribution in [0.15, 0.2) is 41.3 Å². The molecule has 1 aliphatic rings. The van der Waals surface area contributed by atoms with E-state index in [9.17, 15) is 13.2 Å². The van der Waals surface area contributed by atoms with Crippen LogP contribution in [-0.4, -0.2) is 32.3 Å². The molecule has 5 nitrogen and oxygen atoms in total. The van der Waals surface area contributed by atoms with Gasteiger partial charge in [0.2, 0.25) is 0 Å². The molecule has 3 rings (SSSR count). The molecule has 0 aliphatic carbocycles. The van der Waals surface area contributed by atoms with Gasteiger partial charge in [0, 0.05) is 23.1 Å². The normalized spacial score (nSPS) is 14.5. The van der Waals surface area contributed by atoms with Gasteiger partial charge in [0.05, 0.1) is 16.3 Å². The number of anilines is 1. The highest BCUT2D eigenvalue weighted by atomic mass is 35.5. The second-order valence-electron chi connectivity index (χ2n) is 5.87. The van der Waals surface area contributed by atoms with Crippen molar-refractivity contribution < 1.29 is 13.2 Å². The van der Waals surface area contributed by atoms with E-state index in [1.54, 1.807) is 11.0 Å². The van der Waals surface area contributed by atoms with Crippen molar-refractivity contribution in [3.8, 4) is 0 Å². The summed E-state index contributed by atoms with van der Waals surface area (Å²) in [6.45, 7) is 1.29. The third-order valence-corrected chi connectivity index (χ3v) is 6.35. The maximum absolute atomic E-state index is 12.8. The number of halogens is 3. The minimum absolute atomic E-state index is 0.0244. The summed E-state index contributed by atoms with van der Waals surface area (Å²) in [4.78, 5) is 14.2. The van der Waals surface area contributed by atoms with Gasteiger partial charge in [-0.3, -0.25) is 9.52 Å². The second-order valence-corrected chi connectivity index (χ2v) is 8.80. The predicted molar refractivity (Wildman–Crippen MR) is 104 cm³/mol. The fourth-order valence-electron chi connectivity index (χ4n) is 2.76. The second kappa shape index (κ2) is 7.64. The fourth-order valence-corrected chi connectivity index (χ4v) is 4.77. The quantitative estimate of drug-likeness (QED) is 0.761. The van der Waals surface area contributed by atoms with Crippen LogP contribution in [0.5, 0.6) is 0 Å². The number of rotatable bonds is 4. The van der Waals surface area contributed by atoms with Gasteiger partial charge in [-0.1, -0.05) is 34.8 Å². The lowest BCUT2D eigenvalue weighted by Crippen LogP contribution is -2.29. The molecule has 1 saturated heterocycles. The van der Waals surface area contributed by atoms with Crippen LogP contribution < -0.4 is 4.72 Å². The Morgan fingerprint density at radius 2 is 1.58 bits per heavy atom. The highest BCUT2D eigenvalue weighted by Crippen LogP contribution is 2.30. The minimum Gasteiger partial charge on any atom is -0.339 e. The van der Waals surface area contributed by atoms with Crippen molar-refractivity contribution in [2.45, 2.75) is 17.7 Å². The van der Waals surface area contributed by atoms with Crippen LogP contribution in [0.4, 0.5) is 5.69 Å². The van der Waals surface area contributed by atoms with Gasteiger partial charge in [-0.2, -0.15) is 0 Å². The summed E-state index contributed by atoms with van der Waals surface area (Å²) >= 11 is 17.9. The maximum Gasteiger partial charge on any atom is 0.263 e. The molecule has 1 amide bonds. The Balaban J connectivity index is 1.99. The summed E-state index contributed by atoms with van der Waals surface area (Å²) in [6.07, 6.45) is 1.86. The van der Waals surface area contributed by atoms with E-state index in [0.29, 0.717) is 18.1 Å². The first kappa shape index (κ1) is 19.3. The van der Waals surface area contributed by atoms with Crippen LogP contribution in [0.2, 0.25) is 15.1 Å². The highest BCUT2D eigenvalue weighted by molar-refractivity contribution is 7.92. The van der Waals surface area contributed by atoms with Gasteiger partial charge < -0.3 is 4.90 Å². The largest absolute Gasteiger partial charge is 0.339 e. The number of benzene rings is 2. The van der Waals surface area contributed by atoms with Gasteiger partial charge in [-0.05, 0) is 49.2 Å². The van der Waals surface area contributed by atoms with Crippen molar-refractivity contribution in [1.29, 1.82) is 0 Å². The van der Waals surface area contributed by atoms with Crippen molar-refractivity contribution in [2.24, 2.45) is 0 Å². The van der Waals surface area contributed by atoms with Gasteiger partial charge in [0.1, 0.15) is 4.90 Å². The molecule has 1 N–H and O–H groups in total. The maximum atomic E-state index is 12.8. The van der Waals surface area contributed by atoms with Crippen LogP contribution in [0.3, 0.4) is 0 Å². The number of nitrogens with zero attached hydrogens (tertiary/aromatic N) is 1. The van der Waals surface area contributed by atoms with Crippen LogP contribution >= 0.6 is 34.8 Å². The van der Waals surface area contributed by atoms with Crippen molar-refractivity contribution >= 4 is 56.4 Å². The first-order chi connectivity index (χ1) is 12.3. The Bertz CT molecular complexity index is 958. The topological polar surface area (TPSA) is 66.5 Å². The van der Waals surface area contributed by atoms with Crippen LogP contribution in [0, 0.1) is 0 Å². The molecule has 138 valence electrons. The van der Waals surface area contributed by atoms with Gasteiger partial charge in [-0.25, -0.2) is 8.42 Å². The number of nitrogens with one attached hydrogen (secondary N) is 1. The molecule has 2 aromatic carbocycles. The van der Waals surface area contributed by atoms with E-state index < -0.39 is 10.0 Å². The highest BCUT2D eigenvalue weighted by Gasteiger charge is 2.25. The zero-order valence-corrected chi connectivity index (χ0v) is 16.6. The number of likely N-dealkylation sites (tertiary alicyclic amines) is 1. The van der Waals surface area contributed by atoms with Crippen molar-refractivity contribution in [2.75, 3.05) is 17.8 Å². The van der Waals surface area contributed by atoms with E-state index >= 15 is 0 Å². The number of sulfonamides is 1. The molecule has 1 aliphatic heterocycles. The molecule has 2 aromatic rings. The van der Waals surface area contributed by atoms with Crippen LogP contribution in [0.1, 0.15) is 23.2 Å². The van der Waals surface area contributed by atoms with E-state index in [-0.39, 0.29) is 32.1 Å². The molecule has 9 heteroatoms. The van der Waals surface area contributed by atoms with E-state index in [1.807, 2.05) is 0 Å². The lowest BCUT2D eigenvalue weighted by molar-refractivity contribution is 0.0794. The zero-order chi connectivity index (χ0) is 18.9. The van der Waals surface area contributed by atoms with Crippen LogP contribution in [0.25, 0.3) is 0 Å². The van der Waals surface area contributed by atoms with E-state index in [1.165, 1.54) is 30.3 Å². The Hall–Kier alpha value is -1.47. The molecule has 0 radical (unpaired) electrons. The summed E-state index contributed by atoms with van der Waals surface area (Å²) in [5, 5.41) is 0.559. The number of amides is 1. The predicted octanol–water partition coefficient (Wildman–Crippen LogP) is 4.68. The molecule has 0 unspecified atom stereocenters. The SMILES string of the molecule is O=C(c1ccc(Cl)cc1NS(=O)(=O)c1cc(Cl)ccc1Cl)N1CCCC1. The van der Waals surface area contributed by atoms with Gasteiger partial charge in [0.25, 0.3) is 15.9 Å². The molecule has 1 fully saturated rings. The Kier molecular flexibility index (Phi) is 5.67. The summed E-state index contributed by atoms with van der Waals surface area (Å²) in [6, 6.07) is 8.60. The Labute approximate surface area is 166 Å².